The summed E-state index contributed by atoms with van der Waals surface area (Å²) in [5.41, 5.74) is 1.34. The molecule has 21 heavy (non-hydrogen) atoms. The van der Waals surface area contributed by atoms with Gasteiger partial charge in [0.1, 0.15) is 5.76 Å². The smallest absolute Gasteiger partial charge is 0.111 e. The highest BCUT2D eigenvalue weighted by molar-refractivity contribution is 7.99. The van der Waals surface area contributed by atoms with Crippen LogP contribution in [0.25, 0.3) is 0 Å². The van der Waals surface area contributed by atoms with Crippen molar-refractivity contribution in [3.05, 3.63) is 60.1 Å². The third kappa shape index (κ3) is 4.14. The molecule has 3 heteroatoms. The molecule has 0 bridgehead atoms. The molecule has 1 aromatic carbocycles. The minimum absolute atomic E-state index is 0.353. The van der Waals surface area contributed by atoms with Crippen LogP contribution in [-0.2, 0) is 0 Å². The van der Waals surface area contributed by atoms with Gasteiger partial charge in [-0.15, -0.1) is 0 Å². The summed E-state index contributed by atoms with van der Waals surface area (Å²) in [7, 11) is 0. The fourth-order valence-electron chi connectivity index (χ4n) is 2.98. The second-order valence-electron chi connectivity index (χ2n) is 5.61. The Labute approximate surface area is 131 Å². The number of hydrogen-bond acceptors (Lipinski definition) is 3. The molecule has 2 aromatic rings. The van der Waals surface area contributed by atoms with Crippen LogP contribution in [-0.4, -0.2) is 24.1 Å². The molecule has 1 fully saturated rings. The normalized spacial score (nSPS) is 17.7. The maximum absolute atomic E-state index is 5.66. The minimum Gasteiger partial charge on any atom is -0.469 e. The summed E-state index contributed by atoms with van der Waals surface area (Å²) in [5.74, 6) is 4.03. The predicted molar refractivity (Wildman–Crippen MR) is 90.0 cm³/mol. The summed E-state index contributed by atoms with van der Waals surface area (Å²) >= 11 is 2.08. The molecule has 3 rings (SSSR count). The van der Waals surface area contributed by atoms with Gasteiger partial charge in [0, 0.05) is 12.0 Å². The predicted octanol–water partition coefficient (Wildman–Crippen LogP) is 4.29. The molecule has 1 aliphatic rings. The van der Waals surface area contributed by atoms with Gasteiger partial charge in [0.15, 0.2) is 0 Å². The lowest BCUT2D eigenvalue weighted by molar-refractivity contribution is 0.437. The lowest BCUT2D eigenvalue weighted by Crippen LogP contribution is -2.33. The monoisotopic (exact) mass is 301 g/mol. The zero-order valence-corrected chi connectivity index (χ0v) is 13.1. The van der Waals surface area contributed by atoms with E-state index in [0.29, 0.717) is 12.0 Å². The van der Waals surface area contributed by atoms with Crippen LogP contribution in [0, 0.1) is 0 Å². The molecule has 1 atom stereocenters. The molecular weight excluding hydrogens is 278 g/mol. The average molecular weight is 301 g/mol. The Morgan fingerprint density at radius 2 is 1.90 bits per heavy atom. The van der Waals surface area contributed by atoms with Crippen molar-refractivity contribution in [3.63, 3.8) is 0 Å². The third-order valence-electron chi connectivity index (χ3n) is 4.18. The van der Waals surface area contributed by atoms with Gasteiger partial charge in [0.05, 0.1) is 6.26 Å². The summed E-state index contributed by atoms with van der Waals surface area (Å²) in [5, 5.41) is 3.73. The summed E-state index contributed by atoms with van der Waals surface area (Å²) in [4.78, 5) is 0. The van der Waals surface area contributed by atoms with Gasteiger partial charge in [-0.25, -0.2) is 0 Å². The van der Waals surface area contributed by atoms with E-state index in [1.807, 2.05) is 6.07 Å². The van der Waals surface area contributed by atoms with Crippen LogP contribution in [0.5, 0.6) is 0 Å². The second kappa shape index (κ2) is 7.71. The molecule has 0 aliphatic carbocycles. The number of furan rings is 1. The zero-order chi connectivity index (χ0) is 14.3. The lowest BCUT2D eigenvalue weighted by atomic mass is 9.93. The number of nitrogens with one attached hydrogen (secondary N) is 1. The Morgan fingerprint density at radius 1 is 1.10 bits per heavy atom. The van der Waals surface area contributed by atoms with Crippen molar-refractivity contribution >= 4 is 11.8 Å². The first kappa shape index (κ1) is 14.7. The van der Waals surface area contributed by atoms with E-state index in [4.69, 9.17) is 4.42 Å². The Kier molecular flexibility index (Phi) is 5.41. The minimum atomic E-state index is 0.353. The molecule has 0 radical (unpaired) electrons. The van der Waals surface area contributed by atoms with Crippen molar-refractivity contribution in [1.82, 2.24) is 5.32 Å². The number of hydrogen-bond donors (Lipinski definition) is 1. The van der Waals surface area contributed by atoms with Crippen molar-refractivity contribution in [2.24, 2.45) is 0 Å². The summed E-state index contributed by atoms with van der Waals surface area (Å²) in [6.45, 7) is 1.05. The van der Waals surface area contributed by atoms with E-state index in [1.165, 1.54) is 29.9 Å². The van der Waals surface area contributed by atoms with E-state index in [-0.39, 0.29) is 0 Å². The first-order valence-corrected chi connectivity index (χ1v) is 8.98. The van der Waals surface area contributed by atoms with Gasteiger partial charge in [-0.3, -0.25) is 0 Å². The largest absolute Gasteiger partial charge is 0.469 e. The Hall–Kier alpha value is -1.19. The zero-order valence-electron chi connectivity index (χ0n) is 12.3. The topological polar surface area (TPSA) is 25.2 Å². The third-order valence-corrected chi connectivity index (χ3v) is 5.22. The van der Waals surface area contributed by atoms with E-state index in [9.17, 15) is 0 Å². The van der Waals surface area contributed by atoms with Gasteiger partial charge >= 0.3 is 0 Å². The van der Waals surface area contributed by atoms with Gasteiger partial charge in [-0.1, -0.05) is 30.3 Å². The number of thioether (sulfide) groups is 1. The first-order valence-electron chi connectivity index (χ1n) is 7.83. The number of benzene rings is 1. The summed E-state index contributed by atoms with van der Waals surface area (Å²) in [6, 6.07) is 15.5. The van der Waals surface area contributed by atoms with Gasteiger partial charge in [-0.05, 0) is 55.0 Å². The van der Waals surface area contributed by atoms with Gasteiger partial charge in [-0.2, -0.15) is 11.8 Å². The summed E-state index contributed by atoms with van der Waals surface area (Å²) in [6.07, 6.45) is 5.47. The molecule has 1 aliphatic heterocycles. The fourth-order valence-corrected chi connectivity index (χ4v) is 4.09. The molecule has 2 heterocycles. The highest BCUT2D eigenvalue weighted by atomic mass is 32.2. The molecular formula is C18H23NOS. The SMILES string of the molecule is c1ccc(C(CCNC2CCSCC2)c2ccco2)cc1. The van der Waals surface area contributed by atoms with Gasteiger partial charge in [0.25, 0.3) is 0 Å². The van der Waals surface area contributed by atoms with Crippen molar-refractivity contribution < 1.29 is 4.42 Å². The molecule has 1 N–H and O–H groups in total. The van der Waals surface area contributed by atoms with Crippen molar-refractivity contribution in [1.29, 1.82) is 0 Å². The number of rotatable bonds is 6. The van der Waals surface area contributed by atoms with Crippen LogP contribution in [0.4, 0.5) is 0 Å². The summed E-state index contributed by atoms with van der Waals surface area (Å²) < 4.78 is 5.66. The van der Waals surface area contributed by atoms with Crippen molar-refractivity contribution in [2.45, 2.75) is 31.2 Å². The molecule has 112 valence electrons. The molecule has 1 saturated heterocycles. The standard InChI is InChI=1S/C18H23NOS/c1-2-5-15(6-3-1)17(18-7-4-12-20-18)8-11-19-16-9-13-21-14-10-16/h1-7,12,16-17,19H,8-11,13-14H2. The van der Waals surface area contributed by atoms with Crippen molar-refractivity contribution in [2.75, 3.05) is 18.1 Å². The van der Waals surface area contributed by atoms with Crippen LogP contribution < -0.4 is 5.32 Å². The first-order chi connectivity index (χ1) is 10.4. The Balaban J connectivity index is 1.60. The Morgan fingerprint density at radius 3 is 2.62 bits per heavy atom. The van der Waals surface area contributed by atoms with E-state index in [0.717, 1.165) is 18.7 Å². The molecule has 1 aromatic heterocycles. The van der Waals surface area contributed by atoms with Crippen molar-refractivity contribution in [3.8, 4) is 0 Å². The van der Waals surface area contributed by atoms with Crippen LogP contribution in [0.1, 0.15) is 36.5 Å². The quantitative estimate of drug-likeness (QED) is 0.862. The van der Waals surface area contributed by atoms with Gasteiger partial charge in [0.2, 0.25) is 0 Å². The maximum Gasteiger partial charge on any atom is 0.111 e. The molecule has 1 unspecified atom stereocenters. The molecule has 0 spiro atoms. The van der Waals surface area contributed by atoms with Crippen LogP contribution in [0.15, 0.2) is 53.1 Å². The van der Waals surface area contributed by atoms with E-state index in [2.05, 4.69) is 53.5 Å². The van der Waals surface area contributed by atoms with E-state index in [1.54, 1.807) is 6.26 Å². The van der Waals surface area contributed by atoms with Crippen LogP contribution in [0.2, 0.25) is 0 Å². The van der Waals surface area contributed by atoms with E-state index < -0.39 is 0 Å². The Bertz CT molecular complexity index is 505. The van der Waals surface area contributed by atoms with Crippen LogP contribution >= 0.6 is 11.8 Å². The van der Waals surface area contributed by atoms with Crippen LogP contribution in [0.3, 0.4) is 0 Å². The molecule has 0 saturated carbocycles. The molecule has 0 amide bonds. The highest BCUT2D eigenvalue weighted by Gasteiger charge is 2.18. The average Bonchev–Trinajstić information content (AvgIpc) is 3.07. The highest BCUT2D eigenvalue weighted by Crippen LogP contribution is 2.28. The maximum atomic E-state index is 5.66. The second-order valence-corrected chi connectivity index (χ2v) is 6.83. The fraction of sp³-hybridized carbons (Fsp3) is 0.444. The lowest BCUT2D eigenvalue weighted by Gasteiger charge is -2.24. The molecule has 2 nitrogen and oxygen atoms in total. The van der Waals surface area contributed by atoms with E-state index >= 15 is 0 Å². The van der Waals surface area contributed by atoms with Gasteiger partial charge < -0.3 is 9.73 Å².